The maximum Gasteiger partial charge on any atom is 0.134 e. The highest BCUT2D eigenvalue weighted by atomic mass is 15.1. The minimum atomic E-state index is -0.120. The number of fused-ring (bicyclic) bond motifs is 2. The summed E-state index contributed by atoms with van der Waals surface area (Å²) >= 11 is 0. The zero-order chi connectivity index (χ0) is 17.2. The quantitative estimate of drug-likeness (QED) is 0.796. The minimum absolute atomic E-state index is 0.120. The van der Waals surface area contributed by atoms with Gasteiger partial charge in [-0.15, -0.1) is 6.58 Å². The molecule has 3 nitrogen and oxygen atoms in total. The van der Waals surface area contributed by atoms with Crippen LogP contribution >= 0.6 is 0 Å². The standard InChI is InChI=1S/C21H25N3/c1-5-7-8-10-17-13-21(14-19(17)23-15(3)6-2)16(4)24-20-18(21)11-9-12-22-20/h5-7,9-12,15H,2,4,8,13-14H2,1,3H3,(H,22,24)/b7-5-,17-10-,23-19?/t15?,21-/m1/s1. The van der Waals surface area contributed by atoms with E-state index in [4.69, 9.17) is 4.99 Å². The molecule has 2 atom stereocenters. The van der Waals surface area contributed by atoms with Crippen LogP contribution in [0.5, 0.6) is 0 Å². The Balaban J connectivity index is 2.03. The number of anilines is 1. The zero-order valence-electron chi connectivity index (χ0n) is 14.5. The molecule has 1 unspecified atom stereocenters. The first-order valence-electron chi connectivity index (χ1n) is 8.52. The molecular formula is C21H25N3. The molecule has 3 heteroatoms. The van der Waals surface area contributed by atoms with E-state index in [2.05, 4.69) is 54.7 Å². The summed E-state index contributed by atoms with van der Waals surface area (Å²) in [6.45, 7) is 12.3. The van der Waals surface area contributed by atoms with Crippen molar-refractivity contribution in [3.8, 4) is 0 Å². The summed E-state index contributed by atoms with van der Waals surface area (Å²) in [5.74, 6) is 0.938. The number of nitrogens with one attached hydrogen (secondary N) is 1. The first-order chi connectivity index (χ1) is 11.6. The monoisotopic (exact) mass is 319 g/mol. The van der Waals surface area contributed by atoms with Gasteiger partial charge in [0.15, 0.2) is 0 Å². The van der Waals surface area contributed by atoms with Crippen LogP contribution in [0.25, 0.3) is 0 Å². The van der Waals surface area contributed by atoms with E-state index in [1.54, 1.807) is 0 Å². The lowest BCUT2D eigenvalue weighted by atomic mass is 9.79. The third kappa shape index (κ3) is 2.75. The molecule has 1 aliphatic carbocycles. The van der Waals surface area contributed by atoms with Gasteiger partial charge in [0.05, 0.1) is 6.04 Å². The van der Waals surface area contributed by atoms with Crippen molar-refractivity contribution >= 4 is 11.5 Å². The topological polar surface area (TPSA) is 37.3 Å². The van der Waals surface area contributed by atoms with Crippen LogP contribution in [0, 0.1) is 0 Å². The van der Waals surface area contributed by atoms with Crippen molar-refractivity contribution in [2.24, 2.45) is 4.99 Å². The summed E-state index contributed by atoms with van der Waals surface area (Å²) in [4.78, 5) is 9.37. The van der Waals surface area contributed by atoms with Gasteiger partial charge in [-0.2, -0.15) is 0 Å². The molecule has 0 saturated heterocycles. The van der Waals surface area contributed by atoms with E-state index in [1.807, 2.05) is 25.3 Å². The van der Waals surface area contributed by atoms with Crippen molar-refractivity contribution in [1.29, 1.82) is 0 Å². The van der Waals surface area contributed by atoms with Crippen LogP contribution in [0.2, 0.25) is 0 Å². The number of rotatable bonds is 4. The van der Waals surface area contributed by atoms with Crippen molar-refractivity contribution in [3.63, 3.8) is 0 Å². The Bertz CT molecular complexity index is 754. The average molecular weight is 319 g/mol. The molecule has 1 aromatic heterocycles. The fourth-order valence-corrected chi connectivity index (χ4v) is 3.57. The van der Waals surface area contributed by atoms with Crippen LogP contribution in [0.1, 0.15) is 38.7 Å². The predicted molar refractivity (Wildman–Crippen MR) is 103 cm³/mol. The summed E-state index contributed by atoms with van der Waals surface area (Å²) in [5.41, 5.74) is 4.64. The van der Waals surface area contributed by atoms with Crippen molar-refractivity contribution in [2.45, 2.75) is 44.6 Å². The Morgan fingerprint density at radius 3 is 3.04 bits per heavy atom. The van der Waals surface area contributed by atoms with Crippen molar-refractivity contribution in [3.05, 3.63) is 72.6 Å². The number of hydrogen-bond donors (Lipinski definition) is 1. The molecule has 1 spiro atoms. The molecule has 0 bridgehead atoms. The lowest BCUT2D eigenvalue weighted by molar-refractivity contribution is 0.580. The van der Waals surface area contributed by atoms with Crippen LogP contribution < -0.4 is 5.32 Å². The lowest BCUT2D eigenvalue weighted by Gasteiger charge is -2.23. The third-order valence-corrected chi connectivity index (χ3v) is 4.94. The van der Waals surface area contributed by atoms with E-state index in [0.717, 1.165) is 30.8 Å². The average Bonchev–Trinajstić information content (AvgIpc) is 3.07. The summed E-state index contributed by atoms with van der Waals surface area (Å²) in [7, 11) is 0. The SMILES string of the molecule is C=CC(C)N=C1C[C@]2(C/C1=C/C/C=C\C)C(=C)Nc1ncccc12. The molecule has 1 N–H and O–H groups in total. The molecule has 1 fully saturated rings. The van der Waals surface area contributed by atoms with Crippen LogP contribution in [0.4, 0.5) is 5.82 Å². The molecule has 2 aliphatic rings. The van der Waals surface area contributed by atoms with Crippen molar-refractivity contribution < 1.29 is 0 Å². The molecule has 0 aromatic carbocycles. The van der Waals surface area contributed by atoms with Gasteiger partial charge in [0.1, 0.15) is 5.82 Å². The maximum atomic E-state index is 4.90. The minimum Gasteiger partial charge on any atom is -0.343 e. The number of aromatic nitrogens is 1. The number of allylic oxidation sites excluding steroid dienone is 5. The number of nitrogens with zero attached hydrogens (tertiary/aromatic N) is 2. The van der Waals surface area contributed by atoms with Gasteiger partial charge >= 0.3 is 0 Å². The highest BCUT2D eigenvalue weighted by molar-refractivity contribution is 6.05. The Morgan fingerprint density at radius 1 is 1.46 bits per heavy atom. The molecular weight excluding hydrogens is 294 g/mol. The largest absolute Gasteiger partial charge is 0.343 e. The molecule has 1 aromatic rings. The van der Waals surface area contributed by atoms with Gasteiger partial charge in [0.25, 0.3) is 0 Å². The summed E-state index contributed by atoms with van der Waals surface area (Å²) in [6, 6.07) is 4.29. The van der Waals surface area contributed by atoms with Crippen LogP contribution in [0.15, 0.2) is 72.1 Å². The highest BCUT2D eigenvalue weighted by Crippen LogP contribution is 2.53. The van der Waals surface area contributed by atoms with Gasteiger partial charge in [-0.25, -0.2) is 4.98 Å². The van der Waals surface area contributed by atoms with E-state index < -0.39 is 0 Å². The first-order valence-corrected chi connectivity index (χ1v) is 8.52. The first kappa shape index (κ1) is 16.4. The van der Waals surface area contributed by atoms with Gasteiger partial charge in [-0.1, -0.05) is 36.9 Å². The smallest absolute Gasteiger partial charge is 0.134 e. The molecule has 1 saturated carbocycles. The molecule has 3 rings (SSSR count). The van der Waals surface area contributed by atoms with Gasteiger partial charge in [0, 0.05) is 35.0 Å². The molecule has 124 valence electrons. The van der Waals surface area contributed by atoms with E-state index in [9.17, 15) is 0 Å². The Morgan fingerprint density at radius 2 is 2.29 bits per heavy atom. The predicted octanol–water partition coefficient (Wildman–Crippen LogP) is 4.96. The fraction of sp³-hybridized carbons (Fsp3) is 0.333. The second-order valence-corrected chi connectivity index (χ2v) is 6.52. The third-order valence-electron chi connectivity index (χ3n) is 4.94. The van der Waals surface area contributed by atoms with Crippen LogP contribution in [-0.2, 0) is 5.41 Å². The fourth-order valence-electron chi connectivity index (χ4n) is 3.57. The maximum absolute atomic E-state index is 4.90. The van der Waals surface area contributed by atoms with E-state index in [1.165, 1.54) is 16.8 Å². The van der Waals surface area contributed by atoms with Crippen molar-refractivity contribution in [2.75, 3.05) is 5.32 Å². The number of pyridine rings is 1. The molecule has 24 heavy (non-hydrogen) atoms. The van der Waals surface area contributed by atoms with Crippen molar-refractivity contribution in [1.82, 2.24) is 4.98 Å². The lowest BCUT2D eigenvalue weighted by Crippen LogP contribution is -2.22. The molecule has 2 heterocycles. The second kappa shape index (κ2) is 6.60. The normalized spacial score (nSPS) is 27.2. The van der Waals surface area contributed by atoms with Gasteiger partial charge in [0.2, 0.25) is 0 Å². The molecule has 0 radical (unpaired) electrons. The molecule has 1 aliphatic heterocycles. The van der Waals surface area contributed by atoms with Gasteiger partial charge < -0.3 is 5.32 Å². The van der Waals surface area contributed by atoms with E-state index in [0.29, 0.717) is 0 Å². The second-order valence-electron chi connectivity index (χ2n) is 6.52. The Kier molecular flexibility index (Phi) is 4.52. The number of hydrogen-bond acceptors (Lipinski definition) is 3. The summed E-state index contributed by atoms with van der Waals surface area (Å²) in [5, 5.41) is 3.38. The zero-order valence-corrected chi connectivity index (χ0v) is 14.5. The highest BCUT2D eigenvalue weighted by Gasteiger charge is 2.49. The van der Waals surface area contributed by atoms with Gasteiger partial charge in [-0.05, 0) is 38.3 Å². The van der Waals surface area contributed by atoms with Crippen LogP contribution in [-0.4, -0.2) is 16.7 Å². The Hall–Kier alpha value is -2.42. The van der Waals surface area contributed by atoms with Gasteiger partial charge in [-0.3, -0.25) is 4.99 Å². The molecule has 0 amide bonds. The summed E-state index contributed by atoms with van der Waals surface area (Å²) < 4.78 is 0. The number of aliphatic imine (C=N–C) groups is 1. The van der Waals surface area contributed by atoms with E-state index >= 15 is 0 Å². The van der Waals surface area contributed by atoms with Crippen LogP contribution in [0.3, 0.4) is 0 Å². The summed E-state index contributed by atoms with van der Waals surface area (Å²) in [6.07, 6.45) is 13.0. The Labute approximate surface area is 144 Å². The van der Waals surface area contributed by atoms with E-state index in [-0.39, 0.29) is 11.5 Å².